The average molecular weight is 391 g/mol. The molecule has 27 heavy (non-hydrogen) atoms. The van der Waals surface area contributed by atoms with Crippen molar-refractivity contribution in [3.05, 3.63) is 54.1 Å². The Morgan fingerprint density at radius 1 is 1.19 bits per heavy atom. The monoisotopic (exact) mass is 391 g/mol. The van der Waals surface area contributed by atoms with Crippen LogP contribution in [0, 0.1) is 11.6 Å². The topological polar surface area (TPSA) is 95.1 Å². The Balaban J connectivity index is 1.64. The van der Waals surface area contributed by atoms with Gasteiger partial charge in [-0.05, 0) is 36.4 Å². The van der Waals surface area contributed by atoms with Gasteiger partial charge in [0.05, 0.1) is 12.9 Å². The van der Waals surface area contributed by atoms with Gasteiger partial charge in [-0.15, -0.1) is 10.2 Å². The smallest absolute Gasteiger partial charge is 0.234 e. The molecule has 140 valence electrons. The summed E-state index contributed by atoms with van der Waals surface area (Å²) in [4.78, 5) is 12.0. The highest BCUT2D eigenvalue weighted by Gasteiger charge is 2.14. The number of methoxy groups -OCH3 is 1. The molecule has 3 rings (SSSR count). The summed E-state index contributed by atoms with van der Waals surface area (Å²) in [6, 6.07) is 9.88. The Morgan fingerprint density at radius 2 is 1.85 bits per heavy atom. The zero-order chi connectivity index (χ0) is 19.4. The molecule has 0 aliphatic heterocycles. The Labute approximate surface area is 157 Å². The van der Waals surface area contributed by atoms with E-state index in [1.165, 1.54) is 4.68 Å². The van der Waals surface area contributed by atoms with Gasteiger partial charge < -0.3 is 15.9 Å². The maximum Gasteiger partial charge on any atom is 0.234 e. The number of hydrogen-bond acceptors (Lipinski definition) is 6. The third-order valence-corrected chi connectivity index (χ3v) is 4.43. The summed E-state index contributed by atoms with van der Waals surface area (Å²) in [5.74, 6) is 5.05. The van der Waals surface area contributed by atoms with Crippen LogP contribution >= 0.6 is 11.8 Å². The van der Waals surface area contributed by atoms with Gasteiger partial charge >= 0.3 is 0 Å². The van der Waals surface area contributed by atoms with Crippen molar-refractivity contribution >= 4 is 23.4 Å². The largest absolute Gasteiger partial charge is 0.497 e. The second-order valence-electron chi connectivity index (χ2n) is 5.40. The Kier molecular flexibility index (Phi) is 5.55. The molecule has 0 aliphatic rings. The highest BCUT2D eigenvalue weighted by Crippen LogP contribution is 2.23. The number of halogens is 2. The third-order valence-electron chi connectivity index (χ3n) is 3.49. The van der Waals surface area contributed by atoms with E-state index in [1.807, 2.05) is 0 Å². The SMILES string of the molecule is COc1ccc(-c2nnc(SCC(=O)Nc3cc(F)cc(F)c3)n2N)cc1. The van der Waals surface area contributed by atoms with Gasteiger partial charge in [-0.25, -0.2) is 13.5 Å². The fourth-order valence-corrected chi connectivity index (χ4v) is 2.92. The molecule has 0 bridgehead atoms. The summed E-state index contributed by atoms with van der Waals surface area (Å²) in [6.07, 6.45) is 0. The van der Waals surface area contributed by atoms with Crippen LogP contribution in [0.1, 0.15) is 0 Å². The highest BCUT2D eigenvalue weighted by atomic mass is 32.2. The van der Waals surface area contributed by atoms with Crippen LogP contribution in [-0.4, -0.2) is 33.6 Å². The average Bonchev–Trinajstić information content (AvgIpc) is 3.00. The van der Waals surface area contributed by atoms with Crippen LogP contribution in [0.5, 0.6) is 5.75 Å². The molecule has 0 spiro atoms. The van der Waals surface area contributed by atoms with Crippen molar-refractivity contribution in [1.82, 2.24) is 14.9 Å². The van der Waals surface area contributed by atoms with Gasteiger partial charge in [-0.1, -0.05) is 11.8 Å². The van der Waals surface area contributed by atoms with Crippen molar-refractivity contribution in [1.29, 1.82) is 0 Å². The number of nitrogens with one attached hydrogen (secondary N) is 1. The molecule has 7 nitrogen and oxygen atoms in total. The lowest BCUT2D eigenvalue weighted by molar-refractivity contribution is -0.113. The molecular formula is C17H15F2N5O2S. The summed E-state index contributed by atoms with van der Waals surface area (Å²) >= 11 is 1.05. The number of amides is 1. The minimum atomic E-state index is -0.774. The molecule has 0 saturated carbocycles. The molecular weight excluding hydrogens is 376 g/mol. The molecule has 10 heteroatoms. The van der Waals surface area contributed by atoms with Gasteiger partial charge in [0, 0.05) is 17.3 Å². The van der Waals surface area contributed by atoms with Crippen molar-refractivity contribution in [2.45, 2.75) is 5.16 Å². The van der Waals surface area contributed by atoms with Crippen molar-refractivity contribution in [3.8, 4) is 17.1 Å². The number of hydrogen-bond donors (Lipinski definition) is 2. The molecule has 3 N–H and O–H groups in total. The van der Waals surface area contributed by atoms with Crippen LogP contribution in [0.3, 0.4) is 0 Å². The zero-order valence-corrected chi connectivity index (χ0v) is 15.0. The minimum absolute atomic E-state index is 0.0336. The van der Waals surface area contributed by atoms with E-state index < -0.39 is 17.5 Å². The Morgan fingerprint density at radius 3 is 2.48 bits per heavy atom. The van der Waals surface area contributed by atoms with E-state index in [2.05, 4.69) is 15.5 Å². The molecule has 1 aromatic heterocycles. The number of nitrogens with two attached hydrogens (primary N) is 1. The maximum atomic E-state index is 13.2. The summed E-state index contributed by atoms with van der Waals surface area (Å²) < 4.78 is 32.7. The Hall–Kier alpha value is -3.14. The van der Waals surface area contributed by atoms with Crippen molar-refractivity contribution in [2.75, 3.05) is 24.0 Å². The maximum absolute atomic E-state index is 13.2. The fraction of sp³-hybridized carbons (Fsp3) is 0.118. The molecule has 0 unspecified atom stereocenters. The van der Waals surface area contributed by atoms with Gasteiger partial charge in [0.1, 0.15) is 17.4 Å². The van der Waals surface area contributed by atoms with Crippen molar-refractivity contribution in [3.63, 3.8) is 0 Å². The standard InChI is InChI=1S/C17H15F2N5O2S/c1-26-14-4-2-10(3-5-14)16-22-23-17(24(16)20)27-9-15(25)21-13-7-11(18)6-12(19)8-13/h2-8H,9,20H2,1H3,(H,21,25). The summed E-state index contributed by atoms with van der Waals surface area (Å²) in [6.45, 7) is 0. The van der Waals surface area contributed by atoms with Crippen LogP contribution in [0.2, 0.25) is 0 Å². The van der Waals surface area contributed by atoms with E-state index in [4.69, 9.17) is 10.6 Å². The first-order chi connectivity index (χ1) is 13.0. The number of ether oxygens (including phenoxy) is 1. The van der Waals surface area contributed by atoms with Crippen molar-refractivity contribution in [2.24, 2.45) is 0 Å². The zero-order valence-electron chi connectivity index (χ0n) is 14.1. The van der Waals surface area contributed by atoms with Crippen LogP contribution in [0.4, 0.5) is 14.5 Å². The van der Waals surface area contributed by atoms with Gasteiger partial charge in [0.15, 0.2) is 5.82 Å². The van der Waals surface area contributed by atoms with Crippen LogP contribution in [0.25, 0.3) is 11.4 Å². The molecule has 0 saturated heterocycles. The molecule has 2 aromatic carbocycles. The van der Waals surface area contributed by atoms with Crippen molar-refractivity contribution < 1.29 is 18.3 Å². The summed E-state index contributed by atoms with van der Waals surface area (Å²) in [7, 11) is 1.57. The second kappa shape index (κ2) is 8.04. The first-order valence-corrected chi connectivity index (χ1v) is 8.68. The molecule has 1 heterocycles. The number of aromatic nitrogens is 3. The Bertz CT molecular complexity index is 942. The van der Waals surface area contributed by atoms with E-state index in [0.29, 0.717) is 16.7 Å². The molecule has 0 fully saturated rings. The number of carbonyl (C=O) groups excluding carboxylic acids is 1. The van der Waals surface area contributed by atoms with E-state index in [0.717, 1.165) is 35.5 Å². The van der Waals surface area contributed by atoms with E-state index >= 15 is 0 Å². The van der Waals surface area contributed by atoms with Gasteiger partial charge in [0.2, 0.25) is 11.1 Å². The van der Waals surface area contributed by atoms with Crippen LogP contribution in [0.15, 0.2) is 47.6 Å². The number of thioether (sulfide) groups is 1. The van der Waals surface area contributed by atoms with Crippen LogP contribution < -0.4 is 15.9 Å². The molecule has 0 radical (unpaired) electrons. The molecule has 3 aromatic rings. The minimum Gasteiger partial charge on any atom is -0.497 e. The fourth-order valence-electron chi connectivity index (χ4n) is 2.27. The lowest BCUT2D eigenvalue weighted by Crippen LogP contribution is -2.16. The predicted molar refractivity (Wildman–Crippen MR) is 97.9 cm³/mol. The number of anilines is 1. The van der Waals surface area contributed by atoms with E-state index in [9.17, 15) is 13.6 Å². The lowest BCUT2D eigenvalue weighted by Gasteiger charge is -2.06. The number of nitrogen functional groups attached to an aromatic ring is 1. The van der Waals surface area contributed by atoms with E-state index in [-0.39, 0.29) is 11.4 Å². The van der Waals surface area contributed by atoms with Gasteiger partial charge in [-0.2, -0.15) is 0 Å². The lowest BCUT2D eigenvalue weighted by atomic mass is 10.2. The van der Waals surface area contributed by atoms with Gasteiger partial charge in [0.25, 0.3) is 0 Å². The second-order valence-corrected chi connectivity index (χ2v) is 6.34. The quantitative estimate of drug-likeness (QED) is 0.496. The van der Waals surface area contributed by atoms with E-state index in [1.54, 1.807) is 31.4 Å². The molecule has 0 aliphatic carbocycles. The molecule has 1 amide bonds. The number of carbonyl (C=O) groups is 1. The predicted octanol–water partition coefficient (Wildman–Crippen LogP) is 2.68. The highest BCUT2D eigenvalue weighted by molar-refractivity contribution is 7.99. The summed E-state index contributed by atoms with van der Waals surface area (Å²) in [5, 5.41) is 10.7. The number of benzene rings is 2. The first kappa shape index (κ1) is 18.6. The first-order valence-electron chi connectivity index (χ1n) is 7.70. The number of nitrogens with zero attached hydrogens (tertiary/aromatic N) is 3. The summed E-state index contributed by atoms with van der Waals surface area (Å²) in [5.41, 5.74) is 0.767. The molecule has 0 atom stereocenters. The van der Waals surface area contributed by atoms with Gasteiger partial charge in [-0.3, -0.25) is 4.79 Å². The van der Waals surface area contributed by atoms with Crippen LogP contribution in [-0.2, 0) is 4.79 Å². The third kappa shape index (κ3) is 4.53. The normalized spacial score (nSPS) is 10.6. The number of rotatable bonds is 6.